The number of nitriles is 1. The molecule has 0 aliphatic heterocycles. The summed E-state index contributed by atoms with van der Waals surface area (Å²) in [7, 11) is 0. The minimum atomic E-state index is -1.13. The molecule has 0 fully saturated rings. The van der Waals surface area contributed by atoms with Gasteiger partial charge in [0.2, 0.25) is 0 Å². The first kappa shape index (κ1) is 21.3. The van der Waals surface area contributed by atoms with Gasteiger partial charge in [0, 0.05) is 35.9 Å². The average molecular weight is 442 g/mol. The molecule has 0 aromatic carbocycles. The van der Waals surface area contributed by atoms with Crippen LogP contribution in [0.25, 0.3) is 22.0 Å². The molecule has 5 N–H and O–H groups in total. The molecule has 0 saturated heterocycles. The number of nitrogens with two attached hydrogens (primary N) is 2. The molecule has 12 nitrogen and oxygen atoms in total. The second kappa shape index (κ2) is 8.67. The predicted molar refractivity (Wildman–Crippen MR) is 116 cm³/mol. The normalized spacial score (nSPS) is 11.6. The van der Waals surface area contributed by atoms with Crippen molar-refractivity contribution >= 4 is 28.5 Å². The first-order valence-electron chi connectivity index (χ1n) is 9.75. The number of amides is 2. The number of nitrogen functional groups attached to an aromatic ring is 1. The van der Waals surface area contributed by atoms with Gasteiger partial charge in [0.15, 0.2) is 0 Å². The lowest BCUT2D eigenvalue weighted by Gasteiger charge is -2.27. The number of nitrogens with one attached hydrogen (secondary N) is 1. The van der Waals surface area contributed by atoms with E-state index >= 15 is 0 Å². The molecule has 0 aliphatic rings. The van der Waals surface area contributed by atoms with Crippen molar-refractivity contribution in [3.05, 3.63) is 60.2 Å². The predicted octanol–water partition coefficient (Wildman–Crippen LogP) is 0.839. The van der Waals surface area contributed by atoms with Crippen molar-refractivity contribution in [2.45, 2.75) is 19.5 Å². The maximum absolute atomic E-state index is 12.7. The minimum absolute atomic E-state index is 0.109. The van der Waals surface area contributed by atoms with Crippen molar-refractivity contribution in [3.63, 3.8) is 0 Å². The van der Waals surface area contributed by atoms with E-state index in [1.807, 2.05) is 0 Å². The Morgan fingerprint density at radius 2 is 1.91 bits per heavy atom. The van der Waals surface area contributed by atoms with Gasteiger partial charge in [-0.25, -0.2) is 15.0 Å². The number of rotatable bonds is 5. The van der Waals surface area contributed by atoms with Gasteiger partial charge in [-0.2, -0.15) is 10.4 Å². The lowest BCUT2D eigenvalue weighted by atomic mass is 10.0. The maximum atomic E-state index is 12.7. The number of nitrogens with zero attached hydrogens (tertiary/aromatic N) is 7. The monoisotopic (exact) mass is 442 g/mol. The highest BCUT2D eigenvalue weighted by molar-refractivity contribution is 6.34. The fourth-order valence-corrected chi connectivity index (χ4v) is 3.42. The number of aromatic amines is 1. The Hall–Kier alpha value is -4.92. The molecular formula is C21H18N10O2. The summed E-state index contributed by atoms with van der Waals surface area (Å²) in [5.41, 5.74) is 13.6. The van der Waals surface area contributed by atoms with E-state index in [4.69, 9.17) is 11.5 Å². The van der Waals surface area contributed by atoms with E-state index in [-0.39, 0.29) is 12.4 Å². The van der Waals surface area contributed by atoms with Crippen LogP contribution in [0, 0.1) is 11.3 Å². The van der Waals surface area contributed by atoms with Crippen LogP contribution in [0.2, 0.25) is 0 Å². The molecule has 0 aliphatic carbocycles. The zero-order valence-corrected chi connectivity index (χ0v) is 17.4. The third-order valence-electron chi connectivity index (χ3n) is 5.13. The number of H-pyrrole nitrogens is 1. The highest BCUT2D eigenvalue weighted by atomic mass is 16.2. The van der Waals surface area contributed by atoms with Crippen LogP contribution in [0.15, 0.2) is 43.1 Å². The number of carbonyl (C=O) groups is 2. The standard InChI is InChI=1S/C21H18N10O2/c1-11(20-25-3-2-4-26-20)31(21(33)19(24)32)10-16-13(5-12(6-22)7-27-16)14-8-28-18(23)15-9-29-30-17(14)15/h2-5,7-9,11H,10H2,1H3,(H2,23,28)(H2,24,32)(H,29,30). The molecule has 2 amide bonds. The topological polar surface area (TPSA) is 193 Å². The summed E-state index contributed by atoms with van der Waals surface area (Å²) < 4.78 is 0. The molecule has 1 unspecified atom stereocenters. The minimum Gasteiger partial charge on any atom is -0.383 e. The number of primary amides is 1. The number of carbonyl (C=O) groups excluding carboxylic acids is 2. The Kier molecular flexibility index (Phi) is 5.60. The fourth-order valence-electron chi connectivity index (χ4n) is 3.42. The van der Waals surface area contributed by atoms with Gasteiger partial charge in [0.05, 0.1) is 40.9 Å². The van der Waals surface area contributed by atoms with Gasteiger partial charge in [-0.3, -0.25) is 19.7 Å². The second-order valence-corrected chi connectivity index (χ2v) is 7.13. The van der Waals surface area contributed by atoms with E-state index in [1.54, 1.807) is 25.3 Å². The zero-order chi connectivity index (χ0) is 23.5. The van der Waals surface area contributed by atoms with Crippen LogP contribution in [0.1, 0.15) is 30.0 Å². The number of anilines is 1. The fraction of sp³-hybridized carbons (Fsp3) is 0.143. The van der Waals surface area contributed by atoms with Crippen molar-refractivity contribution in [1.29, 1.82) is 5.26 Å². The van der Waals surface area contributed by atoms with Gasteiger partial charge in [-0.15, -0.1) is 0 Å². The highest BCUT2D eigenvalue weighted by Crippen LogP contribution is 2.32. The van der Waals surface area contributed by atoms with E-state index < -0.39 is 17.9 Å². The molecule has 0 spiro atoms. The van der Waals surface area contributed by atoms with E-state index in [0.29, 0.717) is 39.1 Å². The van der Waals surface area contributed by atoms with Crippen molar-refractivity contribution in [3.8, 4) is 17.2 Å². The van der Waals surface area contributed by atoms with Crippen LogP contribution >= 0.6 is 0 Å². The Balaban J connectivity index is 1.84. The van der Waals surface area contributed by atoms with Crippen LogP contribution in [0.5, 0.6) is 0 Å². The Labute approximate surface area is 187 Å². The highest BCUT2D eigenvalue weighted by Gasteiger charge is 2.29. The molecule has 33 heavy (non-hydrogen) atoms. The van der Waals surface area contributed by atoms with Gasteiger partial charge >= 0.3 is 11.8 Å². The molecule has 164 valence electrons. The number of hydrogen-bond donors (Lipinski definition) is 3. The van der Waals surface area contributed by atoms with E-state index in [2.05, 4.69) is 36.2 Å². The summed E-state index contributed by atoms with van der Waals surface area (Å²) in [5, 5.41) is 16.9. The first-order chi connectivity index (χ1) is 15.9. The van der Waals surface area contributed by atoms with Crippen molar-refractivity contribution < 1.29 is 9.59 Å². The van der Waals surface area contributed by atoms with Gasteiger partial charge in [-0.1, -0.05) is 0 Å². The maximum Gasteiger partial charge on any atom is 0.312 e. The van der Waals surface area contributed by atoms with Crippen LogP contribution in [0.4, 0.5) is 5.82 Å². The smallest absolute Gasteiger partial charge is 0.312 e. The van der Waals surface area contributed by atoms with Crippen molar-refractivity contribution in [2.24, 2.45) is 5.73 Å². The lowest BCUT2D eigenvalue weighted by Crippen LogP contribution is -2.42. The molecule has 4 heterocycles. The van der Waals surface area contributed by atoms with Crippen LogP contribution < -0.4 is 11.5 Å². The molecule has 4 aromatic rings. The second-order valence-electron chi connectivity index (χ2n) is 7.13. The van der Waals surface area contributed by atoms with Gasteiger partial charge in [0.1, 0.15) is 17.7 Å². The van der Waals surface area contributed by atoms with E-state index in [1.165, 1.54) is 29.7 Å². The number of fused-ring (bicyclic) bond motifs is 1. The third kappa shape index (κ3) is 4.02. The summed E-state index contributed by atoms with van der Waals surface area (Å²) in [6.45, 7) is 1.57. The number of aromatic nitrogens is 6. The summed E-state index contributed by atoms with van der Waals surface area (Å²) in [6, 6.07) is 4.62. The van der Waals surface area contributed by atoms with Crippen LogP contribution in [-0.2, 0) is 16.1 Å². The Bertz CT molecular complexity index is 1390. The molecule has 1 atom stereocenters. The molecule has 12 heteroatoms. The SMILES string of the molecule is CC(c1ncccn1)N(Cc1ncc(C#N)cc1-c1cnc(N)c2cn[nH]c12)C(=O)C(N)=O. The number of pyridine rings is 2. The van der Waals surface area contributed by atoms with Crippen molar-refractivity contribution in [2.75, 3.05) is 5.73 Å². The molecule has 4 aromatic heterocycles. The quantitative estimate of drug-likeness (QED) is 0.375. The molecule has 0 bridgehead atoms. The van der Waals surface area contributed by atoms with Gasteiger partial charge in [-0.05, 0) is 19.1 Å². The van der Waals surface area contributed by atoms with E-state index in [0.717, 1.165) is 0 Å². The Morgan fingerprint density at radius 1 is 1.15 bits per heavy atom. The lowest BCUT2D eigenvalue weighted by molar-refractivity contribution is -0.146. The largest absolute Gasteiger partial charge is 0.383 e. The molecular weight excluding hydrogens is 424 g/mol. The molecule has 4 rings (SSSR count). The first-order valence-corrected chi connectivity index (χ1v) is 9.75. The van der Waals surface area contributed by atoms with Crippen LogP contribution in [-0.4, -0.2) is 46.8 Å². The van der Waals surface area contributed by atoms with Crippen molar-refractivity contribution in [1.82, 2.24) is 35.0 Å². The summed E-state index contributed by atoms with van der Waals surface area (Å²) >= 11 is 0. The Morgan fingerprint density at radius 3 is 2.61 bits per heavy atom. The summed E-state index contributed by atoms with van der Waals surface area (Å²) in [6.07, 6.45) is 7.52. The zero-order valence-electron chi connectivity index (χ0n) is 17.4. The summed E-state index contributed by atoms with van der Waals surface area (Å²) in [4.78, 5) is 42.7. The molecule has 0 saturated carbocycles. The summed E-state index contributed by atoms with van der Waals surface area (Å²) in [5.74, 6) is -1.44. The average Bonchev–Trinajstić information content (AvgIpc) is 3.33. The van der Waals surface area contributed by atoms with Gasteiger partial charge < -0.3 is 16.4 Å². The van der Waals surface area contributed by atoms with E-state index in [9.17, 15) is 14.9 Å². The number of hydrogen-bond acceptors (Lipinski definition) is 9. The van der Waals surface area contributed by atoms with Crippen LogP contribution in [0.3, 0.4) is 0 Å². The third-order valence-corrected chi connectivity index (χ3v) is 5.13. The van der Waals surface area contributed by atoms with Gasteiger partial charge in [0.25, 0.3) is 0 Å². The molecule has 0 radical (unpaired) electrons.